The lowest BCUT2D eigenvalue weighted by molar-refractivity contribution is 0.719. The van der Waals surface area contributed by atoms with Crippen molar-refractivity contribution < 1.29 is 0 Å². The maximum absolute atomic E-state index is 4.35. The normalized spacial score (nSPS) is 14.8. The molecule has 1 aliphatic heterocycles. The van der Waals surface area contributed by atoms with Crippen LogP contribution >= 0.6 is 0 Å². The van der Waals surface area contributed by atoms with E-state index in [1.165, 1.54) is 30.4 Å². The summed E-state index contributed by atoms with van der Waals surface area (Å²) in [6.45, 7) is 16.1. The Balaban J connectivity index is 0.000000644. The zero-order valence-corrected chi connectivity index (χ0v) is 20.3. The number of aryl methyl sites for hydroxylation is 1. The Kier molecular flexibility index (Phi) is 15.8. The lowest BCUT2D eigenvalue weighted by Gasteiger charge is -2.30. The van der Waals surface area contributed by atoms with Crippen LogP contribution in [-0.4, -0.2) is 12.9 Å². The summed E-state index contributed by atoms with van der Waals surface area (Å²) in [6, 6.07) is 16.8. The highest BCUT2D eigenvalue weighted by Gasteiger charge is 2.22. The molecular formula is C27H43N3. The molecule has 1 unspecified atom stereocenters. The number of amidine groups is 1. The average Bonchev–Trinajstić information content (AvgIpc) is 2.81. The van der Waals surface area contributed by atoms with Crippen LogP contribution in [0, 0.1) is 6.92 Å². The van der Waals surface area contributed by atoms with Crippen LogP contribution < -0.4 is 10.6 Å². The second-order valence-corrected chi connectivity index (χ2v) is 6.80. The van der Waals surface area contributed by atoms with Crippen molar-refractivity contribution in [1.82, 2.24) is 5.32 Å². The van der Waals surface area contributed by atoms with Crippen LogP contribution in [0.3, 0.4) is 0 Å². The van der Waals surface area contributed by atoms with Gasteiger partial charge < -0.3 is 10.6 Å². The van der Waals surface area contributed by atoms with Gasteiger partial charge >= 0.3 is 0 Å². The molecule has 2 aromatic carbocycles. The summed E-state index contributed by atoms with van der Waals surface area (Å²) in [5.74, 6) is 0.930. The van der Waals surface area contributed by atoms with E-state index in [9.17, 15) is 0 Å². The molecule has 0 fully saturated rings. The summed E-state index contributed by atoms with van der Waals surface area (Å²) in [6.07, 6.45) is 7.10. The van der Waals surface area contributed by atoms with E-state index in [4.69, 9.17) is 0 Å². The molecule has 0 aliphatic carbocycles. The first kappa shape index (κ1) is 27.5. The summed E-state index contributed by atoms with van der Waals surface area (Å²) >= 11 is 0. The number of anilines is 1. The SMILES string of the molecule is C=CCC.CC.CCCCC.CN=C1NC(c2ccc(C)cc2)Nc2ccccc21. The highest BCUT2D eigenvalue weighted by Crippen LogP contribution is 2.26. The second kappa shape index (κ2) is 17.3. The molecule has 0 amide bonds. The quantitative estimate of drug-likeness (QED) is 0.504. The number of rotatable bonds is 4. The highest BCUT2D eigenvalue weighted by atomic mass is 15.2. The number of para-hydroxylation sites is 1. The Morgan fingerprint density at radius 1 is 0.933 bits per heavy atom. The topological polar surface area (TPSA) is 36.4 Å². The van der Waals surface area contributed by atoms with Gasteiger partial charge in [0.25, 0.3) is 0 Å². The zero-order valence-electron chi connectivity index (χ0n) is 20.3. The third kappa shape index (κ3) is 9.78. The largest absolute Gasteiger partial charge is 0.361 e. The van der Waals surface area contributed by atoms with Crippen LogP contribution in [-0.2, 0) is 0 Å². The molecule has 1 heterocycles. The van der Waals surface area contributed by atoms with E-state index >= 15 is 0 Å². The average molecular weight is 410 g/mol. The van der Waals surface area contributed by atoms with Crippen LogP contribution in [0.5, 0.6) is 0 Å². The van der Waals surface area contributed by atoms with Crippen LogP contribution in [0.25, 0.3) is 0 Å². The molecule has 3 rings (SSSR count). The highest BCUT2D eigenvalue weighted by molar-refractivity contribution is 6.05. The molecule has 0 aromatic heterocycles. The molecule has 3 heteroatoms. The fourth-order valence-electron chi connectivity index (χ4n) is 2.69. The summed E-state index contributed by atoms with van der Waals surface area (Å²) in [7, 11) is 1.82. The van der Waals surface area contributed by atoms with E-state index in [1.807, 2.05) is 39.1 Å². The Bertz CT molecular complexity index is 715. The number of benzene rings is 2. The Labute approximate surface area is 185 Å². The molecule has 0 saturated carbocycles. The number of hydrogen-bond donors (Lipinski definition) is 2. The maximum atomic E-state index is 4.35. The minimum Gasteiger partial charge on any atom is -0.361 e. The standard InChI is InChI=1S/C16H17N3.C5H12.C4H8.C2H6/c1-11-7-9-12(10-8-11)15-18-14-6-4-3-5-13(14)16(17-2)19-15;1-3-5-4-2;1-3-4-2;1-2/h3-10,15,18H,1-2H3,(H,17,19);3-5H2,1-2H3;3H,1,4H2,2H3;1-2H3. The van der Waals surface area contributed by atoms with Gasteiger partial charge in [0.1, 0.15) is 12.0 Å². The van der Waals surface area contributed by atoms with Crippen molar-refractivity contribution in [2.75, 3.05) is 12.4 Å². The predicted octanol–water partition coefficient (Wildman–Crippen LogP) is 7.89. The van der Waals surface area contributed by atoms with Crippen molar-refractivity contribution >= 4 is 11.5 Å². The van der Waals surface area contributed by atoms with Crippen molar-refractivity contribution in [2.24, 2.45) is 4.99 Å². The summed E-state index contributed by atoms with van der Waals surface area (Å²) in [5, 5.41) is 6.94. The molecule has 0 radical (unpaired) electrons. The Morgan fingerprint density at radius 3 is 1.97 bits per heavy atom. The van der Waals surface area contributed by atoms with Gasteiger partial charge in [-0.05, 0) is 31.0 Å². The molecular weight excluding hydrogens is 366 g/mol. The second-order valence-electron chi connectivity index (χ2n) is 6.80. The van der Waals surface area contributed by atoms with Gasteiger partial charge in [0, 0.05) is 18.3 Å². The number of nitrogens with zero attached hydrogens (tertiary/aromatic N) is 1. The Morgan fingerprint density at radius 2 is 1.50 bits per heavy atom. The van der Waals surface area contributed by atoms with Crippen LogP contribution in [0.2, 0.25) is 0 Å². The third-order valence-corrected chi connectivity index (χ3v) is 4.39. The van der Waals surface area contributed by atoms with Gasteiger partial charge in [-0.2, -0.15) is 0 Å². The molecule has 0 bridgehead atoms. The minimum atomic E-state index is 0.0641. The summed E-state index contributed by atoms with van der Waals surface area (Å²) in [5.41, 5.74) is 4.71. The number of unbranched alkanes of at least 4 members (excludes halogenated alkanes) is 2. The first-order valence-electron chi connectivity index (χ1n) is 11.4. The van der Waals surface area contributed by atoms with E-state index in [-0.39, 0.29) is 6.17 Å². The van der Waals surface area contributed by atoms with Gasteiger partial charge in [0.15, 0.2) is 0 Å². The molecule has 0 saturated heterocycles. The maximum Gasteiger partial charge on any atom is 0.131 e. The lowest BCUT2D eigenvalue weighted by atomic mass is 10.0. The number of hydrogen-bond acceptors (Lipinski definition) is 2. The lowest BCUT2D eigenvalue weighted by Crippen LogP contribution is -2.38. The molecule has 30 heavy (non-hydrogen) atoms. The van der Waals surface area contributed by atoms with E-state index in [2.05, 4.69) is 86.3 Å². The zero-order chi connectivity index (χ0) is 22.8. The van der Waals surface area contributed by atoms with Gasteiger partial charge in [-0.3, -0.25) is 4.99 Å². The van der Waals surface area contributed by atoms with E-state index in [1.54, 1.807) is 0 Å². The predicted molar refractivity (Wildman–Crippen MR) is 137 cm³/mol. The molecule has 2 aromatic rings. The van der Waals surface area contributed by atoms with E-state index < -0.39 is 0 Å². The van der Waals surface area contributed by atoms with Crippen LogP contribution in [0.4, 0.5) is 5.69 Å². The molecule has 3 nitrogen and oxygen atoms in total. The molecule has 1 aliphatic rings. The molecule has 2 N–H and O–H groups in total. The molecule has 0 spiro atoms. The van der Waals surface area contributed by atoms with Crippen molar-refractivity contribution in [1.29, 1.82) is 0 Å². The third-order valence-electron chi connectivity index (χ3n) is 4.39. The number of fused-ring (bicyclic) bond motifs is 1. The number of aliphatic imine (C=N–C) groups is 1. The van der Waals surface area contributed by atoms with Crippen molar-refractivity contribution in [3.63, 3.8) is 0 Å². The molecule has 166 valence electrons. The summed E-state index contributed by atoms with van der Waals surface area (Å²) in [4.78, 5) is 4.35. The van der Waals surface area contributed by atoms with Crippen LogP contribution in [0.1, 0.15) is 83.2 Å². The monoisotopic (exact) mass is 409 g/mol. The van der Waals surface area contributed by atoms with Crippen molar-refractivity contribution in [3.8, 4) is 0 Å². The van der Waals surface area contributed by atoms with Gasteiger partial charge in [-0.15, -0.1) is 6.58 Å². The first-order chi connectivity index (χ1) is 14.6. The Hall–Kier alpha value is -2.55. The van der Waals surface area contributed by atoms with E-state index in [0.29, 0.717) is 0 Å². The van der Waals surface area contributed by atoms with Gasteiger partial charge in [0.2, 0.25) is 0 Å². The fourth-order valence-corrected chi connectivity index (χ4v) is 2.69. The van der Waals surface area contributed by atoms with Gasteiger partial charge in [-0.1, -0.05) is 102 Å². The number of nitrogens with one attached hydrogen (secondary N) is 2. The number of allylic oxidation sites excluding steroid dienone is 1. The van der Waals surface area contributed by atoms with E-state index in [0.717, 1.165) is 23.5 Å². The van der Waals surface area contributed by atoms with Gasteiger partial charge in [0.05, 0.1) is 0 Å². The van der Waals surface area contributed by atoms with Crippen LogP contribution in [0.15, 0.2) is 66.2 Å². The smallest absolute Gasteiger partial charge is 0.131 e. The molecule has 1 atom stereocenters. The fraction of sp³-hybridized carbons (Fsp3) is 0.444. The minimum absolute atomic E-state index is 0.0641. The van der Waals surface area contributed by atoms with Gasteiger partial charge in [-0.25, -0.2) is 0 Å². The summed E-state index contributed by atoms with van der Waals surface area (Å²) < 4.78 is 0. The first-order valence-corrected chi connectivity index (χ1v) is 11.4. The van der Waals surface area contributed by atoms with Crippen molar-refractivity contribution in [2.45, 2.75) is 73.4 Å². The van der Waals surface area contributed by atoms with Crippen molar-refractivity contribution in [3.05, 3.63) is 77.9 Å².